The van der Waals surface area contributed by atoms with Crippen LogP contribution in [0.5, 0.6) is 0 Å². The Morgan fingerprint density at radius 2 is 1.73 bits per heavy atom. The fourth-order valence-electron chi connectivity index (χ4n) is 4.11. The van der Waals surface area contributed by atoms with Crippen molar-refractivity contribution in [1.29, 1.82) is 0 Å². The highest BCUT2D eigenvalue weighted by Gasteiger charge is 2.39. The van der Waals surface area contributed by atoms with E-state index in [1.165, 1.54) is 12.1 Å². The fraction of sp³-hybridized carbons (Fsp3) is 0.263. The van der Waals surface area contributed by atoms with E-state index in [1.807, 2.05) is 6.92 Å². The van der Waals surface area contributed by atoms with Crippen molar-refractivity contribution in [2.75, 3.05) is 5.32 Å². The van der Waals surface area contributed by atoms with Gasteiger partial charge in [0.2, 0.25) is 0 Å². The number of anilines is 1. The number of non-ortho nitro benzene ring substituents is 2. The number of fused-ring (bicyclic) bond motifs is 3. The van der Waals surface area contributed by atoms with E-state index in [1.54, 1.807) is 24.3 Å². The number of benzene rings is 2. The molecule has 0 saturated carbocycles. The lowest BCUT2D eigenvalue weighted by atomic mass is 9.76. The summed E-state index contributed by atoms with van der Waals surface area (Å²) >= 11 is 0. The van der Waals surface area contributed by atoms with Gasteiger partial charge in [-0.2, -0.15) is 0 Å². The molecule has 7 heteroatoms. The third kappa shape index (κ3) is 2.52. The Kier molecular flexibility index (Phi) is 3.72. The number of aryl methyl sites for hydroxylation is 1. The standard InChI is InChI=1S/C19H17N3O4/c1-11-9-14(22(25)26)10-17-15-3-2-4-16(15)19(20-18(11)17)12-5-7-13(8-6-12)21(23)24/h2-3,5-10,15-16,19-20H,4H2,1H3/t15-,16-,19-/m1/s1. The molecule has 132 valence electrons. The number of allylic oxidation sites excluding steroid dienone is 2. The van der Waals surface area contributed by atoms with Gasteiger partial charge in [0.05, 0.1) is 15.9 Å². The molecule has 1 heterocycles. The Morgan fingerprint density at radius 1 is 1.04 bits per heavy atom. The van der Waals surface area contributed by atoms with Crippen LogP contribution in [0.25, 0.3) is 0 Å². The summed E-state index contributed by atoms with van der Waals surface area (Å²) < 4.78 is 0. The van der Waals surface area contributed by atoms with E-state index in [4.69, 9.17) is 0 Å². The quantitative estimate of drug-likeness (QED) is 0.493. The van der Waals surface area contributed by atoms with E-state index in [2.05, 4.69) is 17.5 Å². The third-order valence-corrected chi connectivity index (χ3v) is 5.32. The van der Waals surface area contributed by atoms with Gasteiger partial charge < -0.3 is 5.32 Å². The summed E-state index contributed by atoms with van der Waals surface area (Å²) in [6.07, 6.45) is 5.09. The summed E-state index contributed by atoms with van der Waals surface area (Å²) in [6.45, 7) is 1.87. The van der Waals surface area contributed by atoms with Crippen molar-refractivity contribution in [3.05, 3.63) is 85.5 Å². The Labute approximate surface area is 149 Å². The molecule has 3 atom stereocenters. The maximum absolute atomic E-state index is 11.2. The first-order valence-corrected chi connectivity index (χ1v) is 8.42. The predicted molar refractivity (Wildman–Crippen MR) is 97.3 cm³/mol. The summed E-state index contributed by atoms with van der Waals surface area (Å²) in [5.74, 6) is 0.329. The molecule has 0 radical (unpaired) electrons. The van der Waals surface area contributed by atoms with Crippen molar-refractivity contribution in [2.45, 2.75) is 25.3 Å². The SMILES string of the molecule is Cc1cc([N+](=O)[O-])cc2c1N[C@H](c1ccc([N+](=O)[O-])cc1)[C@@H]1CC=C[C@@H]21. The van der Waals surface area contributed by atoms with E-state index >= 15 is 0 Å². The molecule has 1 aliphatic heterocycles. The van der Waals surface area contributed by atoms with Gasteiger partial charge in [-0.05, 0) is 36.0 Å². The van der Waals surface area contributed by atoms with E-state index in [0.717, 1.165) is 28.8 Å². The molecule has 1 N–H and O–H groups in total. The minimum Gasteiger partial charge on any atom is -0.377 e. The molecule has 0 saturated heterocycles. The highest BCUT2D eigenvalue weighted by molar-refractivity contribution is 5.67. The van der Waals surface area contributed by atoms with Gasteiger partial charge in [-0.25, -0.2) is 0 Å². The minimum absolute atomic E-state index is 0.00320. The van der Waals surface area contributed by atoms with E-state index in [-0.39, 0.29) is 34.2 Å². The number of hydrogen-bond donors (Lipinski definition) is 1. The summed E-state index contributed by atoms with van der Waals surface area (Å²) in [7, 11) is 0. The van der Waals surface area contributed by atoms with Crippen LogP contribution >= 0.6 is 0 Å². The molecule has 0 aromatic heterocycles. The monoisotopic (exact) mass is 351 g/mol. The number of nitro benzene ring substituents is 2. The van der Waals surface area contributed by atoms with E-state index < -0.39 is 4.92 Å². The minimum atomic E-state index is -0.406. The van der Waals surface area contributed by atoms with Crippen molar-refractivity contribution >= 4 is 17.1 Å². The van der Waals surface area contributed by atoms with Crippen LogP contribution in [0.3, 0.4) is 0 Å². The van der Waals surface area contributed by atoms with Crippen LogP contribution in [0.1, 0.15) is 35.1 Å². The second-order valence-corrected chi connectivity index (χ2v) is 6.81. The van der Waals surface area contributed by atoms with Crippen molar-refractivity contribution < 1.29 is 9.85 Å². The molecule has 4 rings (SSSR count). The van der Waals surface area contributed by atoms with E-state index in [9.17, 15) is 20.2 Å². The van der Waals surface area contributed by atoms with Crippen LogP contribution in [-0.4, -0.2) is 9.85 Å². The van der Waals surface area contributed by atoms with Crippen LogP contribution in [0.15, 0.2) is 48.6 Å². The second kappa shape index (κ2) is 5.94. The largest absolute Gasteiger partial charge is 0.377 e. The van der Waals surface area contributed by atoms with Gasteiger partial charge >= 0.3 is 0 Å². The van der Waals surface area contributed by atoms with Gasteiger partial charge in [-0.15, -0.1) is 0 Å². The third-order valence-electron chi connectivity index (χ3n) is 5.32. The van der Waals surface area contributed by atoms with Crippen molar-refractivity contribution in [3.63, 3.8) is 0 Å². The summed E-state index contributed by atoms with van der Waals surface area (Å²) in [6, 6.07) is 9.86. The maximum Gasteiger partial charge on any atom is 0.270 e. The van der Waals surface area contributed by atoms with Crippen LogP contribution in [-0.2, 0) is 0 Å². The zero-order valence-electron chi connectivity index (χ0n) is 14.1. The molecule has 0 unspecified atom stereocenters. The Morgan fingerprint density at radius 3 is 2.38 bits per heavy atom. The normalized spacial score (nSPS) is 23.0. The molecule has 0 fully saturated rings. The van der Waals surface area contributed by atoms with Crippen LogP contribution in [0, 0.1) is 33.1 Å². The van der Waals surface area contributed by atoms with Crippen LogP contribution in [0.2, 0.25) is 0 Å². The first-order valence-electron chi connectivity index (χ1n) is 8.42. The maximum atomic E-state index is 11.2. The number of nitrogens with zero attached hydrogens (tertiary/aromatic N) is 2. The Balaban J connectivity index is 1.77. The average molecular weight is 351 g/mol. The second-order valence-electron chi connectivity index (χ2n) is 6.81. The average Bonchev–Trinajstić information content (AvgIpc) is 3.11. The van der Waals surface area contributed by atoms with Gasteiger partial charge in [-0.1, -0.05) is 24.3 Å². The highest BCUT2D eigenvalue weighted by atomic mass is 16.6. The lowest BCUT2D eigenvalue weighted by molar-refractivity contribution is -0.385. The topological polar surface area (TPSA) is 98.3 Å². The Hall–Kier alpha value is -3.22. The molecular formula is C19H17N3O4. The van der Waals surface area contributed by atoms with Crippen molar-refractivity contribution in [3.8, 4) is 0 Å². The molecule has 26 heavy (non-hydrogen) atoms. The fourth-order valence-corrected chi connectivity index (χ4v) is 4.11. The number of nitro groups is 2. The van der Waals surface area contributed by atoms with Gasteiger partial charge in [0.1, 0.15) is 0 Å². The van der Waals surface area contributed by atoms with Gasteiger partial charge in [-0.3, -0.25) is 20.2 Å². The molecule has 2 aliphatic rings. The van der Waals surface area contributed by atoms with Crippen molar-refractivity contribution in [1.82, 2.24) is 0 Å². The van der Waals surface area contributed by atoms with Crippen LogP contribution < -0.4 is 5.32 Å². The lowest BCUT2D eigenvalue weighted by Gasteiger charge is -2.38. The zero-order chi connectivity index (χ0) is 18.4. The van der Waals surface area contributed by atoms with Crippen LogP contribution in [0.4, 0.5) is 17.1 Å². The molecule has 0 bridgehead atoms. The molecule has 2 aromatic carbocycles. The van der Waals surface area contributed by atoms with Gasteiger partial charge in [0.25, 0.3) is 11.4 Å². The smallest absolute Gasteiger partial charge is 0.270 e. The summed E-state index contributed by atoms with van der Waals surface area (Å²) in [5.41, 5.74) is 3.87. The predicted octanol–water partition coefficient (Wildman–Crippen LogP) is 4.64. The highest BCUT2D eigenvalue weighted by Crippen LogP contribution is 2.51. The molecule has 1 aliphatic carbocycles. The van der Waals surface area contributed by atoms with Gasteiger partial charge in [0, 0.05) is 35.9 Å². The number of hydrogen-bond acceptors (Lipinski definition) is 5. The summed E-state index contributed by atoms with van der Waals surface area (Å²) in [5, 5.41) is 25.6. The summed E-state index contributed by atoms with van der Waals surface area (Å²) in [4.78, 5) is 21.3. The zero-order valence-corrected chi connectivity index (χ0v) is 14.1. The number of nitrogens with one attached hydrogen (secondary N) is 1. The Bertz CT molecular complexity index is 937. The first kappa shape index (κ1) is 16.3. The van der Waals surface area contributed by atoms with E-state index in [0.29, 0.717) is 0 Å². The molecule has 0 spiro atoms. The molecular weight excluding hydrogens is 334 g/mol. The molecule has 2 aromatic rings. The molecule has 7 nitrogen and oxygen atoms in total. The lowest BCUT2D eigenvalue weighted by Crippen LogP contribution is -2.29. The van der Waals surface area contributed by atoms with Gasteiger partial charge in [0.15, 0.2) is 0 Å². The van der Waals surface area contributed by atoms with Crippen molar-refractivity contribution in [2.24, 2.45) is 5.92 Å². The molecule has 0 amide bonds. The first-order chi connectivity index (χ1) is 12.5. The number of rotatable bonds is 3.